The summed E-state index contributed by atoms with van der Waals surface area (Å²) in [6.07, 6.45) is 3.58. The van der Waals surface area contributed by atoms with Crippen LogP contribution in [0.15, 0.2) is 66.6 Å². The number of benzene rings is 3. The van der Waals surface area contributed by atoms with Crippen LogP contribution in [0, 0.1) is 0 Å². The molecule has 1 unspecified atom stereocenters. The van der Waals surface area contributed by atoms with E-state index in [1.165, 1.54) is 0 Å². The van der Waals surface area contributed by atoms with E-state index in [9.17, 15) is 14.4 Å². The maximum absolute atomic E-state index is 13.5. The maximum Gasteiger partial charge on any atom is 0.341 e. The van der Waals surface area contributed by atoms with Crippen molar-refractivity contribution in [1.82, 2.24) is 4.57 Å². The number of aliphatic carboxylic acids is 1. The number of fused-ring (bicyclic) bond motifs is 4. The van der Waals surface area contributed by atoms with E-state index >= 15 is 0 Å². The number of nitrogens with zero attached hydrogens (tertiary/aromatic N) is 1. The highest BCUT2D eigenvalue weighted by molar-refractivity contribution is 6.15. The molecule has 0 aliphatic carbocycles. The van der Waals surface area contributed by atoms with Crippen LogP contribution >= 0.6 is 0 Å². The third-order valence-corrected chi connectivity index (χ3v) is 6.94. The molecule has 0 radical (unpaired) electrons. The second kappa shape index (κ2) is 9.36. The van der Waals surface area contributed by atoms with E-state index < -0.39 is 24.5 Å². The molecular formula is C30H23NO8. The standard InChI is InChI=1S/C30H23NO8/c1-31-14-16(20-12-17(36-2)7-9-22(20)31)11-25-29(35)19-8-10-24-28(30(19)39-25)21(13-27(34)38-24)18-5-3-4-6-23(18)37-15-26(32)33/h3-12,14,21H,13,15H2,1-2H3,(H,32,33). The number of aryl methyl sites for hydroxylation is 1. The van der Waals surface area contributed by atoms with Crippen LogP contribution in [-0.2, 0) is 16.6 Å². The first kappa shape index (κ1) is 24.3. The summed E-state index contributed by atoms with van der Waals surface area (Å²) in [4.78, 5) is 37.2. The molecule has 0 fully saturated rings. The average Bonchev–Trinajstić information content (AvgIpc) is 3.42. The van der Waals surface area contributed by atoms with Gasteiger partial charge in [0.25, 0.3) is 0 Å². The number of carbonyl (C=O) groups is 3. The van der Waals surface area contributed by atoms with E-state index in [0.717, 1.165) is 16.5 Å². The predicted octanol–water partition coefficient (Wildman–Crippen LogP) is 4.71. The molecule has 0 saturated carbocycles. The van der Waals surface area contributed by atoms with Crippen molar-refractivity contribution < 1.29 is 38.4 Å². The number of ketones is 1. The van der Waals surface area contributed by atoms with E-state index in [1.807, 2.05) is 36.0 Å². The molecule has 3 aromatic carbocycles. The Labute approximate surface area is 222 Å². The summed E-state index contributed by atoms with van der Waals surface area (Å²) in [6.45, 7) is -0.536. The fraction of sp³-hybridized carbons (Fsp3) is 0.167. The van der Waals surface area contributed by atoms with Crippen LogP contribution in [0.4, 0.5) is 0 Å². The molecule has 0 amide bonds. The van der Waals surface area contributed by atoms with Gasteiger partial charge in [0, 0.05) is 46.8 Å². The van der Waals surface area contributed by atoms with E-state index in [2.05, 4.69) is 0 Å². The maximum atomic E-state index is 13.5. The number of para-hydroxylation sites is 1. The molecule has 0 bridgehead atoms. The van der Waals surface area contributed by atoms with Gasteiger partial charge < -0.3 is 28.6 Å². The number of carbonyl (C=O) groups excluding carboxylic acids is 2. The molecule has 4 aromatic rings. The summed E-state index contributed by atoms with van der Waals surface area (Å²) in [5, 5.41) is 10.0. The first-order valence-corrected chi connectivity index (χ1v) is 12.2. The summed E-state index contributed by atoms with van der Waals surface area (Å²) in [6, 6.07) is 15.8. The smallest absolute Gasteiger partial charge is 0.341 e. The molecule has 1 atom stereocenters. The van der Waals surface area contributed by atoms with Crippen LogP contribution in [0.5, 0.6) is 23.0 Å². The van der Waals surface area contributed by atoms with Gasteiger partial charge in [-0.3, -0.25) is 9.59 Å². The highest BCUT2D eigenvalue weighted by Crippen LogP contribution is 2.50. The number of hydrogen-bond donors (Lipinski definition) is 1. The number of Topliss-reactive ketones (excluding diaryl/α,β-unsaturated/α-hetero) is 1. The number of methoxy groups -OCH3 is 1. The first-order chi connectivity index (χ1) is 18.8. The van der Waals surface area contributed by atoms with Gasteiger partial charge in [0.1, 0.15) is 23.0 Å². The minimum atomic E-state index is -1.12. The molecule has 2 aliphatic rings. The number of allylic oxidation sites excluding steroid dienone is 1. The zero-order valence-electron chi connectivity index (χ0n) is 21.1. The summed E-state index contributed by atoms with van der Waals surface area (Å²) in [7, 11) is 3.52. The van der Waals surface area contributed by atoms with Crippen molar-refractivity contribution >= 4 is 34.7 Å². The first-order valence-electron chi connectivity index (χ1n) is 12.2. The highest BCUT2D eigenvalue weighted by atomic mass is 16.5. The summed E-state index contributed by atoms with van der Waals surface area (Å²) in [5.74, 6) is -0.687. The molecule has 3 heterocycles. The largest absolute Gasteiger partial charge is 0.497 e. The zero-order chi connectivity index (χ0) is 27.3. The molecule has 1 N–H and O–H groups in total. The molecule has 0 spiro atoms. The summed E-state index contributed by atoms with van der Waals surface area (Å²) >= 11 is 0. The van der Waals surface area contributed by atoms with Crippen molar-refractivity contribution in [2.75, 3.05) is 13.7 Å². The van der Waals surface area contributed by atoms with Gasteiger partial charge in [-0.2, -0.15) is 0 Å². The van der Waals surface area contributed by atoms with Gasteiger partial charge in [0.2, 0.25) is 5.78 Å². The van der Waals surface area contributed by atoms with E-state index in [4.69, 9.17) is 24.1 Å². The molecule has 39 heavy (non-hydrogen) atoms. The molecule has 196 valence electrons. The number of ether oxygens (including phenoxy) is 4. The van der Waals surface area contributed by atoms with Crippen molar-refractivity contribution in [2.24, 2.45) is 7.05 Å². The van der Waals surface area contributed by atoms with Crippen molar-refractivity contribution in [3.05, 3.63) is 88.8 Å². The van der Waals surface area contributed by atoms with Crippen LogP contribution in [0.2, 0.25) is 0 Å². The average molecular weight is 526 g/mol. The number of aromatic nitrogens is 1. The fourth-order valence-electron chi connectivity index (χ4n) is 5.20. The Balaban J connectivity index is 1.44. The summed E-state index contributed by atoms with van der Waals surface area (Å²) in [5.41, 5.74) is 3.24. The van der Waals surface area contributed by atoms with Gasteiger partial charge >= 0.3 is 11.9 Å². The number of hydrogen-bond acceptors (Lipinski definition) is 7. The van der Waals surface area contributed by atoms with Crippen LogP contribution in [0.3, 0.4) is 0 Å². The normalized spacial score (nSPS) is 17.0. The Morgan fingerprint density at radius 2 is 1.95 bits per heavy atom. The number of esters is 1. The van der Waals surface area contributed by atoms with E-state index in [-0.39, 0.29) is 23.7 Å². The molecule has 6 rings (SSSR count). The molecule has 2 aliphatic heterocycles. The van der Waals surface area contributed by atoms with E-state index in [0.29, 0.717) is 33.9 Å². The second-order valence-corrected chi connectivity index (χ2v) is 9.32. The van der Waals surface area contributed by atoms with Crippen molar-refractivity contribution in [3.8, 4) is 23.0 Å². The van der Waals surface area contributed by atoms with Gasteiger partial charge in [-0.1, -0.05) is 18.2 Å². The molecule has 1 aromatic heterocycles. The van der Waals surface area contributed by atoms with Crippen LogP contribution in [-0.4, -0.2) is 41.1 Å². The fourth-order valence-corrected chi connectivity index (χ4v) is 5.20. The van der Waals surface area contributed by atoms with Gasteiger partial charge in [-0.25, -0.2) is 4.79 Å². The van der Waals surface area contributed by atoms with Crippen LogP contribution in [0.1, 0.15) is 39.4 Å². The SMILES string of the molecule is COc1ccc2c(c1)c(C=C1Oc3c(ccc4c3C(c3ccccc3OCC(=O)O)CC(=O)O4)C1=O)cn2C. The Morgan fingerprint density at radius 3 is 2.74 bits per heavy atom. The topological polar surface area (TPSA) is 113 Å². The van der Waals surface area contributed by atoms with Gasteiger partial charge in [0.15, 0.2) is 12.4 Å². The van der Waals surface area contributed by atoms with Crippen LogP contribution in [0.25, 0.3) is 17.0 Å². The number of carboxylic acids is 1. The van der Waals surface area contributed by atoms with Gasteiger partial charge in [0.05, 0.1) is 19.1 Å². The third kappa shape index (κ3) is 4.17. The lowest BCUT2D eigenvalue weighted by Gasteiger charge is -2.27. The molecule has 9 nitrogen and oxygen atoms in total. The minimum absolute atomic E-state index is 0.0311. The Kier molecular flexibility index (Phi) is 5.83. The number of rotatable bonds is 6. The minimum Gasteiger partial charge on any atom is -0.497 e. The van der Waals surface area contributed by atoms with E-state index in [1.54, 1.807) is 49.6 Å². The predicted molar refractivity (Wildman–Crippen MR) is 141 cm³/mol. The van der Waals surface area contributed by atoms with Crippen molar-refractivity contribution in [1.29, 1.82) is 0 Å². The Hall–Kier alpha value is -5.05. The monoisotopic (exact) mass is 525 g/mol. The third-order valence-electron chi connectivity index (χ3n) is 6.94. The lowest BCUT2D eigenvalue weighted by atomic mass is 9.84. The lowest BCUT2D eigenvalue weighted by Crippen LogP contribution is -2.22. The van der Waals surface area contributed by atoms with Crippen LogP contribution < -0.4 is 18.9 Å². The number of carboxylic acid groups (broad SMARTS) is 1. The van der Waals surface area contributed by atoms with Crippen molar-refractivity contribution in [2.45, 2.75) is 12.3 Å². The molecular weight excluding hydrogens is 502 g/mol. The Bertz CT molecular complexity index is 1710. The zero-order valence-corrected chi connectivity index (χ0v) is 21.1. The molecule has 0 saturated heterocycles. The lowest BCUT2D eigenvalue weighted by molar-refractivity contribution is -0.139. The van der Waals surface area contributed by atoms with Gasteiger partial charge in [-0.05, 0) is 42.5 Å². The molecule has 9 heteroatoms. The van der Waals surface area contributed by atoms with Crippen molar-refractivity contribution in [3.63, 3.8) is 0 Å². The highest BCUT2D eigenvalue weighted by Gasteiger charge is 2.39. The second-order valence-electron chi connectivity index (χ2n) is 9.32. The Morgan fingerprint density at radius 1 is 1.13 bits per heavy atom. The quantitative estimate of drug-likeness (QED) is 0.219. The summed E-state index contributed by atoms with van der Waals surface area (Å²) < 4.78 is 24.6. The van der Waals surface area contributed by atoms with Gasteiger partial charge in [-0.15, -0.1) is 0 Å².